The number of fused-ring (bicyclic) bond motifs is 2. The Labute approximate surface area is 512 Å². The van der Waals surface area contributed by atoms with Crippen molar-refractivity contribution in [1.82, 2.24) is 19.5 Å². The number of aromatic nitrogens is 4. The highest BCUT2D eigenvalue weighted by Crippen LogP contribution is 2.30. The van der Waals surface area contributed by atoms with Crippen LogP contribution in [0.25, 0.3) is 66.8 Å². The molecule has 0 fully saturated rings. The number of nitrogens with one attached hydrogen (secondary N) is 1. The van der Waals surface area contributed by atoms with Crippen LogP contribution in [0.5, 0.6) is 0 Å². The maximum atomic E-state index is 4.80. The van der Waals surface area contributed by atoms with Crippen molar-refractivity contribution < 1.29 is 0 Å². The third kappa shape index (κ3) is 18.0. The van der Waals surface area contributed by atoms with Gasteiger partial charge in [0.15, 0.2) is 0 Å². The molecule has 0 aliphatic heterocycles. The molecule has 83 heavy (non-hydrogen) atoms. The first-order valence-electron chi connectivity index (χ1n) is 28.7. The first kappa shape index (κ1) is 62.7. The molecule has 10 aromatic carbocycles. The molecule has 0 amide bonds. The summed E-state index contributed by atoms with van der Waals surface area (Å²) in [6.45, 7) is 21.3. The minimum absolute atomic E-state index is 0.918. The molecule has 2 aromatic heterocycles. The first-order chi connectivity index (χ1) is 40.1. The summed E-state index contributed by atoms with van der Waals surface area (Å²) < 4.78 is 2.15. The number of hydrogen-bond acceptors (Lipinski definition) is 2. The van der Waals surface area contributed by atoms with Gasteiger partial charge in [-0.1, -0.05) is 262 Å². The number of benzene rings is 10. The summed E-state index contributed by atoms with van der Waals surface area (Å²) in [5.41, 5.74) is 27.8. The molecule has 0 atom stereocenters. The maximum absolute atomic E-state index is 4.80. The Morgan fingerprint density at radius 2 is 0.759 bits per heavy atom. The van der Waals surface area contributed by atoms with Gasteiger partial charge in [0.1, 0.15) is 11.6 Å². The Morgan fingerprint density at radius 1 is 0.386 bits per heavy atom. The molecule has 0 aliphatic carbocycles. The molecule has 0 radical (unpaired) electrons. The summed E-state index contributed by atoms with van der Waals surface area (Å²) in [6, 6.07) is 80.9. The lowest BCUT2D eigenvalue weighted by Gasteiger charge is -2.06. The predicted octanol–water partition coefficient (Wildman–Crippen LogP) is 22.1. The Balaban J connectivity index is 0.000000148. The van der Waals surface area contributed by atoms with Gasteiger partial charge in [0.2, 0.25) is 0 Å². The molecule has 0 aliphatic rings. The Bertz CT molecular complexity index is 3790. The molecule has 0 saturated carbocycles. The van der Waals surface area contributed by atoms with Gasteiger partial charge in [0, 0.05) is 29.7 Å². The van der Waals surface area contributed by atoms with Gasteiger partial charge in [0.05, 0.1) is 22.1 Å². The van der Waals surface area contributed by atoms with Gasteiger partial charge in [-0.25, -0.2) is 9.97 Å². The monoisotopic (exact) mass is 1220 g/mol. The second-order valence-electron chi connectivity index (χ2n) is 21.3. The highest BCUT2D eigenvalue weighted by Gasteiger charge is 2.14. The minimum Gasteiger partial charge on any atom is -0.342 e. The van der Waals surface area contributed by atoms with E-state index in [0.29, 0.717) is 0 Å². The van der Waals surface area contributed by atoms with Crippen LogP contribution in [0.2, 0.25) is 0 Å². The standard InChI is InChI=1S/C19H20N4.2C14H13Br.C14H14.2C8H10/c1-4-7-17-20-15-11-13(10-12(2)18(15)22-17)19-21-14-8-5-6-9-16(14)23(19)3;2*1-11-4-2-3-5-14(11)13-8-6-12(10-15)7-9-13;1-11-7-9-13(10-8-11)14-6-4-3-5-12(14)2;1-7-3-5-8(2)6-4-7;1-7-5-3-4-6-8(7)2/h5-6,8-11H,4,7H2,1-3H3,(H,20,22);2*2-9H,10H2,1H3;3-10H,1-2H3;2*3-6H,1-2H3. The number of alkyl halides is 2. The molecule has 6 heteroatoms. The summed E-state index contributed by atoms with van der Waals surface area (Å²) in [6.07, 6.45) is 2.08. The van der Waals surface area contributed by atoms with Gasteiger partial charge in [-0.2, -0.15) is 0 Å². The van der Waals surface area contributed by atoms with Crippen molar-refractivity contribution >= 4 is 53.9 Å². The smallest absolute Gasteiger partial charge is 0.140 e. The average Bonchev–Trinajstić information content (AvgIpc) is 4.12. The molecular formula is C77H80Br2N4. The molecule has 0 bridgehead atoms. The molecule has 1 N–H and O–H groups in total. The van der Waals surface area contributed by atoms with Crippen molar-refractivity contribution in [2.45, 2.75) is 92.7 Å². The highest BCUT2D eigenvalue weighted by molar-refractivity contribution is 9.08. The molecule has 0 spiro atoms. The van der Waals surface area contributed by atoms with Crippen molar-refractivity contribution in [3.63, 3.8) is 0 Å². The summed E-state index contributed by atoms with van der Waals surface area (Å²) in [5, 5.41) is 1.84. The van der Waals surface area contributed by atoms with Crippen molar-refractivity contribution in [3.05, 3.63) is 298 Å². The lowest BCUT2D eigenvalue weighted by atomic mass is 10.00. The van der Waals surface area contributed by atoms with Crippen molar-refractivity contribution in [3.8, 4) is 44.8 Å². The van der Waals surface area contributed by atoms with E-state index < -0.39 is 0 Å². The predicted molar refractivity (Wildman–Crippen MR) is 366 cm³/mol. The Kier molecular flexibility index (Phi) is 23.8. The SMILES string of the molecule is CCCc1nc2c(C)cc(-c3nc4ccccc4n3C)cc2[nH]1.Cc1ccc(-c2ccccc2C)cc1.Cc1ccc(C)cc1.Cc1ccccc1-c1ccc(CBr)cc1.Cc1ccccc1-c1ccc(CBr)cc1.Cc1ccccc1C. The van der Waals surface area contributed by atoms with E-state index in [4.69, 9.17) is 9.97 Å². The number of para-hydroxylation sites is 2. The van der Waals surface area contributed by atoms with Crippen LogP contribution < -0.4 is 0 Å². The van der Waals surface area contributed by atoms with Gasteiger partial charge in [-0.3, -0.25) is 0 Å². The quantitative estimate of drug-likeness (QED) is 0.154. The summed E-state index contributed by atoms with van der Waals surface area (Å²) >= 11 is 6.91. The van der Waals surface area contributed by atoms with E-state index in [-0.39, 0.29) is 0 Å². The lowest BCUT2D eigenvalue weighted by Crippen LogP contribution is -1.93. The van der Waals surface area contributed by atoms with E-state index in [1.807, 2.05) is 12.1 Å². The fourth-order valence-corrected chi connectivity index (χ4v) is 10.2. The fraction of sp³-hybridized carbons (Fsp3) is 0.195. The third-order valence-electron chi connectivity index (χ3n) is 14.6. The van der Waals surface area contributed by atoms with Crippen LogP contribution in [-0.2, 0) is 24.1 Å². The zero-order valence-corrected chi connectivity index (χ0v) is 53.5. The zero-order chi connectivity index (χ0) is 59.3. The van der Waals surface area contributed by atoms with Crippen LogP contribution in [0.1, 0.15) is 80.4 Å². The maximum Gasteiger partial charge on any atom is 0.140 e. The van der Waals surface area contributed by atoms with E-state index in [9.17, 15) is 0 Å². The van der Waals surface area contributed by atoms with E-state index in [1.165, 1.54) is 94.6 Å². The molecule has 12 rings (SSSR count). The van der Waals surface area contributed by atoms with Crippen LogP contribution in [0.15, 0.2) is 231 Å². The summed E-state index contributed by atoms with van der Waals surface area (Å²) in [4.78, 5) is 13.0. The number of imidazole rings is 2. The number of aryl methyl sites for hydroxylation is 11. The Morgan fingerprint density at radius 3 is 1.14 bits per heavy atom. The van der Waals surface area contributed by atoms with E-state index in [0.717, 1.165) is 62.8 Å². The second kappa shape index (κ2) is 31.5. The number of aromatic amines is 1. The van der Waals surface area contributed by atoms with Gasteiger partial charge >= 0.3 is 0 Å². The average molecular weight is 1220 g/mol. The molecular weight excluding hydrogens is 1140 g/mol. The van der Waals surface area contributed by atoms with Crippen LogP contribution in [-0.4, -0.2) is 19.5 Å². The number of nitrogens with zero attached hydrogens (tertiary/aromatic N) is 3. The third-order valence-corrected chi connectivity index (χ3v) is 15.9. The number of halogens is 2. The van der Waals surface area contributed by atoms with Gasteiger partial charge in [0.25, 0.3) is 0 Å². The molecule has 2 heterocycles. The molecule has 0 saturated heterocycles. The summed E-state index contributed by atoms with van der Waals surface area (Å²) in [7, 11) is 2.07. The number of rotatable bonds is 8. The Hall–Kier alpha value is -7.90. The first-order valence-corrected chi connectivity index (χ1v) is 30.9. The molecule has 0 unspecified atom stereocenters. The van der Waals surface area contributed by atoms with Crippen LogP contribution in [0.3, 0.4) is 0 Å². The van der Waals surface area contributed by atoms with Crippen LogP contribution >= 0.6 is 31.9 Å². The fourth-order valence-electron chi connectivity index (χ4n) is 9.50. The van der Waals surface area contributed by atoms with Crippen LogP contribution in [0, 0.1) is 62.3 Å². The van der Waals surface area contributed by atoms with E-state index in [1.54, 1.807) is 0 Å². The largest absolute Gasteiger partial charge is 0.342 e. The highest BCUT2D eigenvalue weighted by atomic mass is 79.9. The second-order valence-corrected chi connectivity index (χ2v) is 22.4. The van der Waals surface area contributed by atoms with Crippen molar-refractivity contribution in [2.24, 2.45) is 7.05 Å². The van der Waals surface area contributed by atoms with Gasteiger partial charge in [-0.05, 0) is 171 Å². The minimum atomic E-state index is 0.918. The number of H-pyrrole nitrogens is 1. The van der Waals surface area contributed by atoms with E-state index in [2.05, 4.69) is 336 Å². The zero-order valence-electron chi connectivity index (χ0n) is 50.4. The normalized spacial score (nSPS) is 10.4. The van der Waals surface area contributed by atoms with E-state index >= 15 is 0 Å². The molecule has 422 valence electrons. The van der Waals surface area contributed by atoms with Gasteiger partial charge in [-0.15, -0.1) is 0 Å². The molecule has 4 nitrogen and oxygen atoms in total. The van der Waals surface area contributed by atoms with Gasteiger partial charge < -0.3 is 9.55 Å². The lowest BCUT2D eigenvalue weighted by molar-refractivity contribution is 0.861. The van der Waals surface area contributed by atoms with Crippen molar-refractivity contribution in [1.29, 1.82) is 0 Å². The number of hydrogen-bond donors (Lipinski definition) is 1. The van der Waals surface area contributed by atoms with Crippen molar-refractivity contribution in [2.75, 3.05) is 0 Å². The van der Waals surface area contributed by atoms with Crippen LogP contribution in [0.4, 0.5) is 0 Å². The topological polar surface area (TPSA) is 46.5 Å². The summed E-state index contributed by atoms with van der Waals surface area (Å²) in [5.74, 6) is 2.05. The molecule has 12 aromatic rings.